The van der Waals surface area contributed by atoms with Gasteiger partial charge in [0, 0.05) is 0 Å². The minimum Gasteiger partial charge on any atom is -0.462 e. The Balaban J connectivity index is 4.31. The van der Waals surface area contributed by atoms with Gasteiger partial charge in [0.2, 0.25) is 0 Å². The van der Waals surface area contributed by atoms with Crippen molar-refractivity contribution < 1.29 is 24.0 Å². The van der Waals surface area contributed by atoms with Crippen LogP contribution in [0.5, 0.6) is 0 Å². The van der Waals surface area contributed by atoms with E-state index < -0.39 is 13.9 Å². The third kappa shape index (κ3) is 5.96. The molecular formula is C6H9O5P. The van der Waals surface area contributed by atoms with E-state index in [2.05, 4.69) is 4.52 Å². The molecule has 0 aliphatic rings. The lowest BCUT2D eigenvalue weighted by molar-refractivity contribution is 0.188. The predicted octanol–water partition coefficient (Wildman–Crippen LogP) is 0.374. The lowest BCUT2D eigenvalue weighted by Crippen LogP contribution is -2.04. The van der Waals surface area contributed by atoms with Gasteiger partial charge in [-0.3, -0.25) is 4.52 Å². The average molecular weight is 192 g/mol. The van der Waals surface area contributed by atoms with Gasteiger partial charge in [0.1, 0.15) is 6.11 Å². The Morgan fingerprint density at radius 1 is 1.58 bits per heavy atom. The van der Waals surface area contributed by atoms with Crippen molar-refractivity contribution in [2.75, 3.05) is 0 Å². The third-order valence-corrected chi connectivity index (χ3v) is 1.33. The van der Waals surface area contributed by atoms with Gasteiger partial charge in [0.25, 0.3) is 0 Å². The molecule has 0 fully saturated rings. The Labute approximate surface area is 69.9 Å². The van der Waals surface area contributed by atoms with Crippen molar-refractivity contribution in [2.45, 2.75) is 13.0 Å². The monoisotopic (exact) mass is 192 g/mol. The van der Waals surface area contributed by atoms with Gasteiger partial charge in [-0.25, -0.2) is 4.57 Å². The molecule has 0 spiro atoms. The zero-order valence-electron chi connectivity index (χ0n) is 6.34. The fraction of sp³-hybridized carbons (Fsp3) is 0.333. The molecule has 0 saturated carbocycles. The van der Waals surface area contributed by atoms with Crippen molar-refractivity contribution in [1.82, 2.24) is 0 Å². The molecule has 0 heterocycles. The molecule has 0 amide bonds. The highest BCUT2D eigenvalue weighted by Gasteiger charge is 2.18. The first-order valence-electron chi connectivity index (χ1n) is 3.01. The molecule has 0 saturated heterocycles. The molecule has 0 aromatic rings. The molecule has 0 radical (unpaired) electrons. The summed E-state index contributed by atoms with van der Waals surface area (Å²) >= 11 is 0. The van der Waals surface area contributed by atoms with Gasteiger partial charge in [-0.1, -0.05) is 6.08 Å². The molecule has 0 aliphatic carbocycles. The van der Waals surface area contributed by atoms with Crippen LogP contribution in [0.2, 0.25) is 0 Å². The minimum atomic E-state index is -4.55. The zero-order valence-corrected chi connectivity index (χ0v) is 7.23. The van der Waals surface area contributed by atoms with E-state index in [1.165, 1.54) is 18.3 Å². The Kier molecular flexibility index (Phi) is 4.64. The number of hydrogen-bond acceptors (Lipinski definition) is 3. The molecule has 68 valence electrons. The highest BCUT2D eigenvalue weighted by molar-refractivity contribution is 7.46. The van der Waals surface area contributed by atoms with Crippen molar-refractivity contribution in [1.29, 1.82) is 0 Å². The first kappa shape index (κ1) is 11.2. The van der Waals surface area contributed by atoms with Crippen LogP contribution in [0, 0.1) is 12.0 Å². The van der Waals surface area contributed by atoms with E-state index in [0.717, 1.165) is 0 Å². The summed E-state index contributed by atoms with van der Waals surface area (Å²) in [6.07, 6.45) is 3.24. The second kappa shape index (κ2) is 4.96. The number of rotatable bonds is 3. The molecule has 1 atom stereocenters. The quantitative estimate of drug-likeness (QED) is 0.341. The van der Waals surface area contributed by atoms with Crippen LogP contribution in [0.25, 0.3) is 0 Å². The van der Waals surface area contributed by atoms with Gasteiger partial charge in [-0.15, -0.1) is 0 Å². The fourth-order valence-corrected chi connectivity index (χ4v) is 0.915. The van der Waals surface area contributed by atoms with Crippen molar-refractivity contribution in [2.24, 2.45) is 0 Å². The average Bonchev–Trinajstić information content (AvgIpc) is 1.84. The summed E-state index contributed by atoms with van der Waals surface area (Å²) in [5.74, 6) is 2.04. The van der Waals surface area contributed by atoms with Gasteiger partial charge >= 0.3 is 7.82 Å². The van der Waals surface area contributed by atoms with Gasteiger partial charge in [0.15, 0.2) is 6.10 Å². The Morgan fingerprint density at radius 2 is 2.17 bits per heavy atom. The van der Waals surface area contributed by atoms with Crippen LogP contribution in [0.4, 0.5) is 0 Å². The van der Waals surface area contributed by atoms with E-state index in [4.69, 9.17) is 14.9 Å². The second-order valence-electron chi connectivity index (χ2n) is 1.80. The molecular weight excluding hydrogens is 183 g/mol. The lowest BCUT2D eigenvalue weighted by Gasteiger charge is -2.07. The molecule has 0 aliphatic heterocycles. The molecule has 0 aromatic carbocycles. The first-order chi connectivity index (χ1) is 5.49. The number of aliphatic hydroxyl groups is 1. The third-order valence-electron chi connectivity index (χ3n) is 0.825. The second-order valence-corrected chi connectivity index (χ2v) is 2.99. The molecule has 0 aromatic heterocycles. The van der Waals surface area contributed by atoms with Crippen LogP contribution in [0.1, 0.15) is 6.92 Å². The standard InChI is InChI=1S/C6H9O5P/c1-2-3-6(4-5-7)11-12(8,9)10/h2-3,6-7H,1H3,(H2,8,9,10). The first-order valence-corrected chi connectivity index (χ1v) is 4.54. The normalized spacial score (nSPS) is 13.9. The molecule has 0 rings (SSSR count). The van der Waals surface area contributed by atoms with Gasteiger partial charge < -0.3 is 14.9 Å². The Bertz CT molecular complexity index is 255. The summed E-state index contributed by atoms with van der Waals surface area (Å²) in [4.78, 5) is 16.7. The number of hydrogen-bond donors (Lipinski definition) is 3. The molecule has 0 bridgehead atoms. The molecule has 5 nitrogen and oxygen atoms in total. The maximum Gasteiger partial charge on any atom is 0.471 e. The summed E-state index contributed by atoms with van der Waals surface area (Å²) in [7, 11) is -4.55. The summed E-state index contributed by atoms with van der Waals surface area (Å²) < 4.78 is 14.4. The molecule has 6 heteroatoms. The van der Waals surface area contributed by atoms with E-state index >= 15 is 0 Å². The van der Waals surface area contributed by atoms with Crippen LogP contribution >= 0.6 is 7.82 Å². The van der Waals surface area contributed by atoms with Gasteiger partial charge in [0.05, 0.1) is 0 Å². The minimum absolute atomic E-state index is 1.08. The Hall–Kier alpha value is -0.790. The summed E-state index contributed by atoms with van der Waals surface area (Å²) in [6.45, 7) is 1.63. The largest absolute Gasteiger partial charge is 0.471 e. The summed E-state index contributed by atoms with van der Waals surface area (Å²) in [5, 5.41) is 8.13. The van der Waals surface area contributed by atoms with Crippen LogP contribution in [0.3, 0.4) is 0 Å². The van der Waals surface area contributed by atoms with Crippen molar-refractivity contribution in [3.05, 3.63) is 12.2 Å². The van der Waals surface area contributed by atoms with E-state index in [9.17, 15) is 4.57 Å². The van der Waals surface area contributed by atoms with Crippen LogP contribution < -0.4 is 0 Å². The van der Waals surface area contributed by atoms with Crippen molar-refractivity contribution in [3.8, 4) is 12.0 Å². The lowest BCUT2D eigenvalue weighted by atomic mass is 10.3. The SMILES string of the molecule is CC=CC(C#CO)OP(=O)(O)O. The van der Waals surface area contributed by atoms with Crippen LogP contribution in [-0.4, -0.2) is 21.0 Å². The van der Waals surface area contributed by atoms with Gasteiger partial charge in [-0.05, 0) is 18.9 Å². The van der Waals surface area contributed by atoms with E-state index in [0.29, 0.717) is 0 Å². The zero-order chi connectivity index (χ0) is 9.61. The number of phosphoric ester groups is 1. The summed E-state index contributed by atoms with van der Waals surface area (Å²) in [6, 6.07) is 0. The molecule has 3 N–H and O–H groups in total. The predicted molar refractivity (Wildman–Crippen MR) is 41.4 cm³/mol. The van der Waals surface area contributed by atoms with E-state index in [1.807, 2.05) is 5.92 Å². The molecule has 1 unspecified atom stereocenters. The molecule has 12 heavy (non-hydrogen) atoms. The maximum atomic E-state index is 10.3. The smallest absolute Gasteiger partial charge is 0.462 e. The highest BCUT2D eigenvalue weighted by atomic mass is 31.2. The van der Waals surface area contributed by atoms with E-state index in [1.54, 1.807) is 6.92 Å². The number of phosphoric acid groups is 1. The summed E-state index contributed by atoms with van der Waals surface area (Å²) in [5.41, 5.74) is 0. The number of aliphatic hydroxyl groups excluding tert-OH is 1. The van der Waals surface area contributed by atoms with E-state index in [-0.39, 0.29) is 0 Å². The highest BCUT2D eigenvalue weighted by Crippen LogP contribution is 2.37. The van der Waals surface area contributed by atoms with Crippen LogP contribution in [0.15, 0.2) is 12.2 Å². The number of allylic oxidation sites excluding steroid dienone is 1. The fourth-order valence-electron chi connectivity index (χ4n) is 0.496. The van der Waals surface area contributed by atoms with Gasteiger partial charge in [-0.2, -0.15) is 0 Å². The Morgan fingerprint density at radius 3 is 2.50 bits per heavy atom. The van der Waals surface area contributed by atoms with Crippen molar-refractivity contribution >= 4 is 7.82 Å². The maximum absolute atomic E-state index is 10.3. The topological polar surface area (TPSA) is 87.0 Å². The van der Waals surface area contributed by atoms with Crippen molar-refractivity contribution in [3.63, 3.8) is 0 Å². The van der Waals surface area contributed by atoms with Crippen LogP contribution in [-0.2, 0) is 9.09 Å².